The number of carbonyl (C=O) groups is 1. The zero-order valence-electron chi connectivity index (χ0n) is 18.7. The number of benzene rings is 3. The number of rotatable bonds is 5. The maximum atomic E-state index is 13.5. The van der Waals surface area contributed by atoms with Crippen LogP contribution >= 0.6 is 0 Å². The molecule has 2 heterocycles. The molecule has 172 valence electrons. The summed E-state index contributed by atoms with van der Waals surface area (Å²) in [6, 6.07) is 16.9. The number of phenolic OH excluding ortho intramolecular Hbond substituents is 1. The highest BCUT2D eigenvalue weighted by Gasteiger charge is 2.36. The van der Waals surface area contributed by atoms with E-state index in [1.54, 1.807) is 46.7 Å². The summed E-state index contributed by atoms with van der Waals surface area (Å²) in [4.78, 5) is 19.9. The Balaban J connectivity index is 1.62. The van der Waals surface area contributed by atoms with Gasteiger partial charge in [-0.05, 0) is 48.9 Å². The molecule has 0 saturated carbocycles. The van der Waals surface area contributed by atoms with Gasteiger partial charge in [-0.15, -0.1) is 0 Å². The Morgan fingerprint density at radius 2 is 1.82 bits per heavy atom. The van der Waals surface area contributed by atoms with Gasteiger partial charge in [0.1, 0.15) is 11.3 Å². The number of aromatic nitrogens is 1. The van der Waals surface area contributed by atoms with Crippen molar-refractivity contribution in [1.29, 1.82) is 0 Å². The number of aromatic hydroxyl groups is 1. The van der Waals surface area contributed by atoms with Crippen molar-refractivity contribution in [2.24, 2.45) is 0 Å². The minimum Gasteiger partial charge on any atom is -0.505 e. The van der Waals surface area contributed by atoms with Gasteiger partial charge in [-0.3, -0.25) is 14.1 Å². The number of hydrogen-bond acceptors (Lipinski definition) is 4. The van der Waals surface area contributed by atoms with Crippen molar-refractivity contribution in [3.05, 3.63) is 94.9 Å². The molecule has 0 spiro atoms. The van der Waals surface area contributed by atoms with Crippen LogP contribution in [0, 0.1) is 12.7 Å². The van der Waals surface area contributed by atoms with Gasteiger partial charge in [0.15, 0.2) is 16.7 Å². The van der Waals surface area contributed by atoms with E-state index in [-0.39, 0.29) is 41.6 Å². The number of carbonyl (C=O) groups excluding carboxylic acids is 1. The van der Waals surface area contributed by atoms with Gasteiger partial charge in [-0.1, -0.05) is 29.8 Å². The average Bonchev–Trinajstić information content (AvgIpc) is 3.16. The fraction of sp³-hybridized carbons (Fsp3) is 0.154. The molecule has 3 aromatic carbocycles. The maximum absolute atomic E-state index is 13.5. The minimum atomic E-state index is -1.55. The third-order valence-corrected chi connectivity index (χ3v) is 7.39. The minimum absolute atomic E-state index is 0.163. The molecule has 0 fully saturated rings. The zero-order chi connectivity index (χ0) is 24.0. The first kappa shape index (κ1) is 22.0. The Hall–Kier alpha value is -3.78. The first-order valence-corrected chi connectivity index (χ1v) is 11.8. The van der Waals surface area contributed by atoms with Crippen molar-refractivity contribution in [2.75, 3.05) is 11.4 Å². The Kier molecular flexibility index (Phi) is 5.53. The van der Waals surface area contributed by atoms with E-state index in [0.29, 0.717) is 21.5 Å². The molecule has 0 saturated heterocycles. The summed E-state index contributed by atoms with van der Waals surface area (Å²) in [5.74, 6) is -0.882. The highest BCUT2D eigenvalue weighted by molar-refractivity contribution is 7.86. The van der Waals surface area contributed by atoms with E-state index < -0.39 is 11.0 Å². The largest absolute Gasteiger partial charge is 0.505 e. The first-order chi connectivity index (χ1) is 16.3. The van der Waals surface area contributed by atoms with Crippen molar-refractivity contribution < 1.29 is 18.5 Å². The summed E-state index contributed by atoms with van der Waals surface area (Å²) in [5.41, 5.74) is 3.45. The fourth-order valence-electron chi connectivity index (χ4n) is 4.33. The molecule has 34 heavy (non-hydrogen) atoms. The lowest BCUT2D eigenvalue weighted by atomic mass is 10.0. The number of fused-ring (bicyclic) bond motifs is 2. The van der Waals surface area contributed by atoms with E-state index in [1.165, 1.54) is 12.1 Å². The van der Waals surface area contributed by atoms with E-state index in [2.05, 4.69) is 4.98 Å². The van der Waals surface area contributed by atoms with E-state index in [1.807, 2.05) is 31.2 Å². The molecule has 1 aromatic heterocycles. The molecular weight excluding hydrogens is 453 g/mol. The number of aryl methyl sites for hydroxylation is 1. The Labute approximate surface area is 198 Å². The number of hydrogen-bond donors (Lipinski definition) is 1. The second kappa shape index (κ2) is 8.53. The second-order valence-electron chi connectivity index (χ2n) is 8.30. The molecule has 0 aliphatic carbocycles. The third-order valence-electron chi connectivity index (χ3n) is 6.03. The van der Waals surface area contributed by atoms with Crippen LogP contribution in [-0.2, 0) is 24.1 Å². The summed E-state index contributed by atoms with van der Waals surface area (Å²) < 4.78 is 28.4. The molecule has 6 nitrogen and oxygen atoms in total. The first-order valence-electron chi connectivity index (χ1n) is 10.7. The Morgan fingerprint density at radius 1 is 1.12 bits per heavy atom. The summed E-state index contributed by atoms with van der Waals surface area (Å²) >= 11 is 0. The van der Waals surface area contributed by atoms with Gasteiger partial charge in [-0.25, -0.2) is 8.60 Å². The highest BCUT2D eigenvalue weighted by atomic mass is 32.2. The lowest BCUT2D eigenvalue weighted by Gasteiger charge is -2.23. The van der Waals surface area contributed by atoms with Gasteiger partial charge in [0, 0.05) is 37.3 Å². The monoisotopic (exact) mass is 475 g/mol. The van der Waals surface area contributed by atoms with Gasteiger partial charge < -0.3 is 10.0 Å². The van der Waals surface area contributed by atoms with Crippen LogP contribution in [0.5, 0.6) is 5.75 Å². The van der Waals surface area contributed by atoms with Crippen LogP contribution in [0.1, 0.15) is 27.0 Å². The number of phenols is 1. The van der Waals surface area contributed by atoms with Gasteiger partial charge in [0.2, 0.25) is 0 Å². The number of pyridine rings is 1. The number of anilines is 1. The molecule has 0 bridgehead atoms. The summed E-state index contributed by atoms with van der Waals surface area (Å²) in [6.45, 7) is 2.43. The molecule has 0 radical (unpaired) electrons. The normalized spacial score (nSPS) is 13.9. The van der Waals surface area contributed by atoms with Crippen LogP contribution in [0.25, 0.3) is 10.9 Å². The molecule has 5 rings (SSSR count). The molecule has 8 heteroatoms. The SMILES string of the molecule is Cc1ccc(S(=O)N(C)c2c3c(c(O)c4ncccc24)C(=O)N(Cc2ccc(F)cc2)C3)cc1. The second-order valence-corrected chi connectivity index (χ2v) is 9.82. The van der Waals surface area contributed by atoms with E-state index in [0.717, 1.165) is 11.1 Å². The molecule has 1 aliphatic rings. The predicted molar refractivity (Wildman–Crippen MR) is 129 cm³/mol. The maximum Gasteiger partial charge on any atom is 0.258 e. The predicted octanol–water partition coefficient (Wildman–Crippen LogP) is 4.70. The van der Waals surface area contributed by atoms with Crippen LogP contribution in [0.15, 0.2) is 71.8 Å². The molecule has 1 amide bonds. The van der Waals surface area contributed by atoms with Crippen molar-refractivity contribution in [3.8, 4) is 5.75 Å². The smallest absolute Gasteiger partial charge is 0.258 e. The zero-order valence-corrected chi connectivity index (χ0v) is 19.5. The van der Waals surface area contributed by atoms with Crippen LogP contribution in [0.3, 0.4) is 0 Å². The quantitative estimate of drug-likeness (QED) is 0.454. The lowest BCUT2D eigenvalue weighted by molar-refractivity contribution is 0.0764. The fourth-order valence-corrected chi connectivity index (χ4v) is 5.39. The molecule has 1 unspecified atom stereocenters. The molecule has 4 aromatic rings. The molecule has 1 aliphatic heterocycles. The lowest BCUT2D eigenvalue weighted by Crippen LogP contribution is -2.24. The molecular formula is C26H22FN3O3S. The number of amides is 1. The topological polar surface area (TPSA) is 73.7 Å². The van der Waals surface area contributed by atoms with Crippen molar-refractivity contribution in [1.82, 2.24) is 9.88 Å². The Bertz CT molecular complexity index is 1440. The van der Waals surface area contributed by atoms with E-state index in [4.69, 9.17) is 0 Å². The number of nitrogens with zero attached hydrogens (tertiary/aromatic N) is 3. The van der Waals surface area contributed by atoms with Gasteiger partial charge >= 0.3 is 0 Å². The van der Waals surface area contributed by atoms with Crippen molar-refractivity contribution in [3.63, 3.8) is 0 Å². The van der Waals surface area contributed by atoms with Crippen LogP contribution in [0.4, 0.5) is 10.1 Å². The van der Waals surface area contributed by atoms with E-state index >= 15 is 0 Å². The standard InChI is InChI=1S/C26H22FN3O3S/c1-16-5-11-19(12-6-16)34(33)29(2)24-20-4-3-13-28-23(20)25(31)22-21(24)15-30(26(22)32)14-17-7-9-18(27)10-8-17/h3-13,31H,14-15H2,1-2H3. The van der Waals surface area contributed by atoms with Crippen molar-refractivity contribution in [2.45, 2.75) is 24.9 Å². The Morgan fingerprint density at radius 3 is 2.53 bits per heavy atom. The van der Waals surface area contributed by atoms with Gasteiger partial charge in [0.05, 0.1) is 16.1 Å². The summed E-state index contributed by atoms with van der Waals surface area (Å²) in [5, 5.41) is 11.6. The van der Waals surface area contributed by atoms with Crippen LogP contribution < -0.4 is 4.31 Å². The van der Waals surface area contributed by atoms with Crippen LogP contribution in [-0.4, -0.2) is 32.2 Å². The molecule has 1 atom stereocenters. The summed E-state index contributed by atoms with van der Waals surface area (Å²) in [6.07, 6.45) is 1.55. The van der Waals surface area contributed by atoms with Gasteiger partial charge in [0.25, 0.3) is 5.91 Å². The third kappa shape index (κ3) is 3.70. The van der Waals surface area contributed by atoms with Crippen LogP contribution in [0.2, 0.25) is 0 Å². The average molecular weight is 476 g/mol. The van der Waals surface area contributed by atoms with Gasteiger partial charge in [-0.2, -0.15) is 0 Å². The number of halogens is 1. The summed E-state index contributed by atoms with van der Waals surface area (Å²) in [7, 11) is 0.157. The van der Waals surface area contributed by atoms with E-state index in [9.17, 15) is 18.5 Å². The van der Waals surface area contributed by atoms with Crippen molar-refractivity contribution >= 4 is 33.5 Å². The molecule has 1 N–H and O–H groups in total. The highest BCUT2D eigenvalue weighted by Crippen LogP contribution is 2.44.